The molecule has 0 unspecified atom stereocenters. The lowest BCUT2D eigenvalue weighted by Gasteiger charge is -2.11. The topological polar surface area (TPSA) is 106 Å². The Morgan fingerprint density at radius 1 is 1.27 bits per heavy atom. The molecule has 26 heavy (non-hydrogen) atoms. The molecule has 0 fully saturated rings. The van der Waals surface area contributed by atoms with E-state index >= 15 is 0 Å². The van der Waals surface area contributed by atoms with Gasteiger partial charge in [0.15, 0.2) is 0 Å². The average molecular weight is 352 g/mol. The van der Waals surface area contributed by atoms with Crippen molar-refractivity contribution in [2.45, 2.75) is 13.5 Å². The Hall–Kier alpha value is -3.68. The number of aromatic amines is 1. The normalized spacial score (nSPS) is 10.3. The number of nitrogens with zero attached hydrogens (tertiary/aromatic N) is 2. The largest absolute Gasteiger partial charge is 0.455 e. The molecule has 0 saturated carbocycles. The van der Waals surface area contributed by atoms with Gasteiger partial charge in [-0.05, 0) is 42.8 Å². The van der Waals surface area contributed by atoms with Crippen molar-refractivity contribution in [3.63, 3.8) is 0 Å². The first kappa shape index (κ1) is 17.2. The molecule has 1 aromatic carbocycles. The Bertz CT molecular complexity index is 1040. The maximum Gasteiger partial charge on any atom is 0.328 e. The van der Waals surface area contributed by atoms with Gasteiger partial charge >= 0.3 is 5.69 Å². The number of benzene rings is 1. The lowest BCUT2D eigenvalue weighted by molar-refractivity contribution is -0.116. The number of aromatic nitrogens is 3. The van der Waals surface area contributed by atoms with Crippen LogP contribution in [0.2, 0.25) is 0 Å². The molecular formula is C18H16N4O4. The maximum atomic E-state index is 12.1. The summed E-state index contributed by atoms with van der Waals surface area (Å²) in [5.74, 6) is 0.872. The van der Waals surface area contributed by atoms with E-state index in [1.165, 1.54) is 12.3 Å². The number of hydrogen-bond acceptors (Lipinski definition) is 5. The zero-order chi connectivity index (χ0) is 18.5. The van der Waals surface area contributed by atoms with E-state index in [-0.39, 0.29) is 12.5 Å². The fourth-order valence-corrected chi connectivity index (χ4v) is 2.30. The number of amides is 1. The van der Waals surface area contributed by atoms with Gasteiger partial charge in [-0.3, -0.25) is 24.1 Å². The number of carbonyl (C=O) groups excluding carboxylic acids is 1. The van der Waals surface area contributed by atoms with Crippen LogP contribution in [0.25, 0.3) is 0 Å². The molecule has 0 spiro atoms. The summed E-state index contributed by atoms with van der Waals surface area (Å²) in [5, 5.41) is 2.71. The summed E-state index contributed by atoms with van der Waals surface area (Å²) < 4.78 is 6.85. The fraction of sp³-hybridized carbons (Fsp3) is 0.111. The van der Waals surface area contributed by atoms with Gasteiger partial charge in [0.1, 0.15) is 18.0 Å². The monoisotopic (exact) mass is 352 g/mol. The number of ether oxygens (including phenoxy) is 1. The molecule has 0 aliphatic heterocycles. The summed E-state index contributed by atoms with van der Waals surface area (Å²) in [7, 11) is 0. The number of anilines is 1. The van der Waals surface area contributed by atoms with E-state index in [2.05, 4.69) is 15.3 Å². The third-order valence-corrected chi connectivity index (χ3v) is 3.53. The Kier molecular flexibility index (Phi) is 4.93. The molecule has 2 N–H and O–H groups in total. The smallest absolute Gasteiger partial charge is 0.328 e. The number of pyridine rings is 1. The number of rotatable bonds is 5. The van der Waals surface area contributed by atoms with Crippen molar-refractivity contribution in [3.05, 3.63) is 81.4 Å². The Labute approximate surface area is 148 Å². The van der Waals surface area contributed by atoms with E-state index in [1.807, 2.05) is 6.92 Å². The standard InChI is InChI=1S/C18H16N4O4/c1-12-9-13(4-5-15(12)26-14-3-2-7-19-10-14)20-17(24)11-22-8-6-16(23)21-18(22)25/h2-10H,11H2,1H3,(H,20,24)(H,21,23,25). The van der Waals surface area contributed by atoms with Crippen molar-refractivity contribution >= 4 is 11.6 Å². The van der Waals surface area contributed by atoms with E-state index in [0.29, 0.717) is 17.2 Å². The van der Waals surface area contributed by atoms with Crippen LogP contribution in [0.1, 0.15) is 5.56 Å². The van der Waals surface area contributed by atoms with Gasteiger partial charge in [0.25, 0.3) is 5.56 Å². The van der Waals surface area contributed by atoms with Gasteiger partial charge in [-0.1, -0.05) is 0 Å². The predicted octanol–water partition coefficient (Wildman–Crippen LogP) is 1.67. The van der Waals surface area contributed by atoms with Crippen LogP contribution in [0.5, 0.6) is 11.5 Å². The summed E-state index contributed by atoms with van der Waals surface area (Å²) in [6, 6.07) is 9.96. The summed E-state index contributed by atoms with van der Waals surface area (Å²) in [5.41, 5.74) is 0.256. The van der Waals surface area contributed by atoms with Crippen LogP contribution in [0.15, 0.2) is 64.6 Å². The molecule has 1 amide bonds. The third kappa shape index (κ3) is 4.23. The van der Waals surface area contributed by atoms with Crippen LogP contribution in [0.3, 0.4) is 0 Å². The van der Waals surface area contributed by atoms with Gasteiger partial charge in [0.05, 0.1) is 6.20 Å². The molecule has 3 aromatic rings. The first-order valence-electron chi connectivity index (χ1n) is 7.79. The van der Waals surface area contributed by atoms with Gasteiger partial charge in [-0.15, -0.1) is 0 Å². The minimum absolute atomic E-state index is 0.206. The molecule has 2 aromatic heterocycles. The van der Waals surface area contributed by atoms with E-state index in [9.17, 15) is 14.4 Å². The van der Waals surface area contributed by atoms with Crippen molar-refractivity contribution in [2.24, 2.45) is 0 Å². The lowest BCUT2D eigenvalue weighted by atomic mass is 10.2. The molecule has 0 saturated heterocycles. The number of hydrogen-bond donors (Lipinski definition) is 2. The van der Waals surface area contributed by atoms with Gasteiger partial charge in [0.2, 0.25) is 5.91 Å². The number of aryl methyl sites for hydroxylation is 1. The second kappa shape index (κ2) is 7.47. The van der Waals surface area contributed by atoms with E-state index in [0.717, 1.165) is 10.1 Å². The van der Waals surface area contributed by atoms with Gasteiger partial charge in [-0.25, -0.2) is 4.79 Å². The van der Waals surface area contributed by atoms with Crippen molar-refractivity contribution in [1.82, 2.24) is 14.5 Å². The minimum atomic E-state index is -0.635. The summed E-state index contributed by atoms with van der Waals surface area (Å²) >= 11 is 0. The average Bonchev–Trinajstić information content (AvgIpc) is 2.61. The van der Waals surface area contributed by atoms with Crippen LogP contribution >= 0.6 is 0 Å². The Morgan fingerprint density at radius 3 is 2.81 bits per heavy atom. The number of H-pyrrole nitrogens is 1. The predicted molar refractivity (Wildman–Crippen MR) is 95.4 cm³/mol. The van der Waals surface area contributed by atoms with Crippen molar-refractivity contribution in [2.75, 3.05) is 5.32 Å². The quantitative estimate of drug-likeness (QED) is 0.726. The van der Waals surface area contributed by atoms with Crippen molar-refractivity contribution < 1.29 is 9.53 Å². The highest BCUT2D eigenvalue weighted by atomic mass is 16.5. The minimum Gasteiger partial charge on any atom is -0.455 e. The van der Waals surface area contributed by atoms with E-state index in [4.69, 9.17) is 4.74 Å². The summed E-state index contributed by atoms with van der Waals surface area (Å²) in [6.45, 7) is 1.65. The molecule has 0 bridgehead atoms. The molecule has 0 atom stereocenters. The number of nitrogens with one attached hydrogen (secondary N) is 2. The highest BCUT2D eigenvalue weighted by Crippen LogP contribution is 2.26. The molecular weight excluding hydrogens is 336 g/mol. The molecule has 8 heteroatoms. The first-order chi connectivity index (χ1) is 12.5. The Balaban J connectivity index is 1.68. The molecule has 0 radical (unpaired) electrons. The van der Waals surface area contributed by atoms with Crippen LogP contribution in [0.4, 0.5) is 5.69 Å². The fourth-order valence-electron chi connectivity index (χ4n) is 2.30. The van der Waals surface area contributed by atoms with Crippen LogP contribution in [-0.4, -0.2) is 20.4 Å². The van der Waals surface area contributed by atoms with Crippen LogP contribution in [-0.2, 0) is 11.3 Å². The molecule has 2 heterocycles. The van der Waals surface area contributed by atoms with Gasteiger partial charge in [-0.2, -0.15) is 0 Å². The Morgan fingerprint density at radius 2 is 2.12 bits per heavy atom. The molecule has 0 aliphatic carbocycles. The zero-order valence-electron chi connectivity index (χ0n) is 13.9. The second-order valence-corrected chi connectivity index (χ2v) is 5.56. The summed E-state index contributed by atoms with van der Waals surface area (Å²) in [6.07, 6.45) is 4.54. The highest BCUT2D eigenvalue weighted by Gasteiger charge is 2.08. The van der Waals surface area contributed by atoms with Crippen LogP contribution < -0.4 is 21.3 Å². The molecule has 8 nitrogen and oxygen atoms in total. The summed E-state index contributed by atoms with van der Waals surface area (Å²) in [4.78, 5) is 40.8. The first-order valence-corrected chi connectivity index (χ1v) is 7.79. The van der Waals surface area contributed by atoms with E-state index in [1.54, 1.807) is 42.7 Å². The van der Waals surface area contributed by atoms with E-state index < -0.39 is 11.2 Å². The van der Waals surface area contributed by atoms with Gasteiger partial charge in [0, 0.05) is 24.1 Å². The maximum absolute atomic E-state index is 12.1. The second-order valence-electron chi connectivity index (χ2n) is 5.56. The molecule has 132 valence electrons. The van der Waals surface area contributed by atoms with Crippen LogP contribution in [0, 0.1) is 6.92 Å². The van der Waals surface area contributed by atoms with Gasteiger partial charge < -0.3 is 10.1 Å². The van der Waals surface area contributed by atoms with Crippen molar-refractivity contribution in [1.29, 1.82) is 0 Å². The zero-order valence-corrected chi connectivity index (χ0v) is 13.9. The third-order valence-electron chi connectivity index (χ3n) is 3.53. The SMILES string of the molecule is Cc1cc(NC(=O)Cn2ccc(=O)[nH]c2=O)ccc1Oc1cccnc1. The molecule has 3 rings (SSSR count). The molecule has 0 aliphatic rings. The lowest BCUT2D eigenvalue weighted by Crippen LogP contribution is -2.32. The highest BCUT2D eigenvalue weighted by molar-refractivity contribution is 5.90. The van der Waals surface area contributed by atoms with Crippen molar-refractivity contribution in [3.8, 4) is 11.5 Å². The number of carbonyl (C=O) groups is 1.